The van der Waals surface area contributed by atoms with Crippen LogP contribution in [0.4, 0.5) is 4.39 Å². The number of halogens is 1. The third kappa shape index (κ3) is 4.80. The molecule has 1 aliphatic rings. The molecule has 0 fully saturated rings. The second-order valence-electron chi connectivity index (χ2n) is 7.75. The number of carbonyl (C=O) groups excluding carboxylic acids is 2. The summed E-state index contributed by atoms with van der Waals surface area (Å²) in [5.41, 5.74) is 8.59. The lowest BCUT2D eigenvalue weighted by Gasteiger charge is -2.08. The van der Waals surface area contributed by atoms with Gasteiger partial charge >= 0.3 is 0 Å². The maximum atomic E-state index is 13.4. The van der Waals surface area contributed by atoms with Gasteiger partial charge in [-0.05, 0) is 67.6 Å². The number of ether oxygens (including phenoxy) is 1. The summed E-state index contributed by atoms with van der Waals surface area (Å²) in [6.07, 6.45) is 4.67. The van der Waals surface area contributed by atoms with Gasteiger partial charge in [0.05, 0.1) is 19.2 Å². The van der Waals surface area contributed by atoms with Gasteiger partial charge in [-0.2, -0.15) is 5.10 Å². The molecule has 166 valence electrons. The summed E-state index contributed by atoms with van der Waals surface area (Å²) in [6, 6.07) is 13.2. The number of carbonyl (C=O) groups is 2. The SMILES string of the molecule is COc1ccc(CC(=O)NNC(=O)c2nn(-c3ccc(F)cc3)c3c2CCCCC3)cc1. The molecule has 1 heterocycles. The van der Waals surface area contributed by atoms with Crippen molar-refractivity contribution in [1.29, 1.82) is 0 Å². The molecule has 2 amide bonds. The van der Waals surface area contributed by atoms with Crippen LogP contribution in [0.3, 0.4) is 0 Å². The van der Waals surface area contributed by atoms with Gasteiger partial charge in [0.15, 0.2) is 5.69 Å². The third-order valence-electron chi connectivity index (χ3n) is 5.56. The van der Waals surface area contributed by atoms with Crippen LogP contribution in [0.2, 0.25) is 0 Å². The molecule has 3 aromatic rings. The quantitative estimate of drug-likeness (QED) is 0.475. The van der Waals surface area contributed by atoms with E-state index in [9.17, 15) is 14.0 Å². The molecular weight excluding hydrogens is 411 g/mol. The number of nitrogens with zero attached hydrogens (tertiary/aromatic N) is 2. The topological polar surface area (TPSA) is 85.2 Å². The number of benzene rings is 2. The zero-order valence-corrected chi connectivity index (χ0v) is 17.9. The number of hydrogen-bond acceptors (Lipinski definition) is 4. The molecule has 4 rings (SSSR count). The second kappa shape index (κ2) is 9.64. The van der Waals surface area contributed by atoms with E-state index < -0.39 is 5.91 Å². The lowest BCUT2D eigenvalue weighted by Crippen LogP contribution is -2.42. The number of aromatic nitrogens is 2. The first-order chi connectivity index (χ1) is 15.5. The Kier molecular flexibility index (Phi) is 6.49. The van der Waals surface area contributed by atoms with Crippen molar-refractivity contribution in [3.63, 3.8) is 0 Å². The summed E-state index contributed by atoms with van der Waals surface area (Å²) in [5, 5.41) is 4.53. The summed E-state index contributed by atoms with van der Waals surface area (Å²) in [4.78, 5) is 25.2. The van der Waals surface area contributed by atoms with Crippen LogP contribution in [0.25, 0.3) is 5.69 Å². The van der Waals surface area contributed by atoms with Crippen LogP contribution in [-0.4, -0.2) is 28.7 Å². The van der Waals surface area contributed by atoms with Crippen molar-refractivity contribution in [2.75, 3.05) is 7.11 Å². The molecule has 0 spiro atoms. The highest BCUT2D eigenvalue weighted by Gasteiger charge is 2.25. The van der Waals surface area contributed by atoms with E-state index in [0.717, 1.165) is 48.9 Å². The molecule has 1 aliphatic carbocycles. The molecule has 0 saturated heterocycles. The maximum absolute atomic E-state index is 13.4. The van der Waals surface area contributed by atoms with Crippen molar-refractivity contribution in [3.8, 4) is 11.4 Å². The first-order valence-electron chi connectivity index (χ1n) is 10.6. The van der Waals surface area contributed by atoms with E-state index in [2.05, 4.69) is 16.0 Å². The minimum Gasteiger partial charge on any atom is -0.497 e. The minimum absolute atomic E-state index is 0.117. The number of hydrazine groups is 1. The van der Waals surface area contributed by atoms with Crippen molar-refractivity contribution in [2.45, 2.75) is 38.5 Å². The zero-order valence-electron chi connectivity index (χ0n) is 17.9. The Morgan fingerprint density at radius 3 is 2.44 bits per heavy atom. The van der Waals surface area contributed by atoms with Gasteiger partial charge in [0, 0.05) is 11.3 Å². The number of methoxy groups -OCH3 is 1. The zero-order chi connectivity index (χ0) is 22.5. The van der Waals surface area contributed by atoms with Crippen LogP contribution in [0, 0.1) is 5.82 Å². The van der Waals surface area contributed by atoms with E-state index in [-0.39, 0.29) is 23.8 Å². The highest BCUT2D eigenvalue weighted by molar-refractivity contribution is 5.95. The molecule has 0 aliphatic heterocycles. The average Bonchev–Trinajstić information content (AvgIpc) is 2.99. The third-order valence-corrected chi connectivity index (χ3v) is 5.56. The van der Waals surface area contributed by atoms with E-state index in [0.29, 0.717) is 11.4 Å². The van der Waals surface area contributed by atoms with Crippen LogP contribution in [-0.2, 0) is 24.1 Å². The molecule has 0 radical (unpaired) electrons. The van der Waals surface area contributed by atoms with Crippen molar-refractivity contribution in [2.24, 2.45) is 0 Å². The fraction of sp³-hybridized carbons (Fsp3) is 0.292. The van der Waals surface area contributed by atoms with Crippen molar-refractivity contribution < 1.29 is 18.7 Å². The van der Waals surface area contributed by atoms with E-state index in [4.69, 9.17) is 4.74 Å². The Morgan fingerprint density at radius 2 is 1.72 bits per heavy atom. The predicted octanol–water partition coefficient (Wildman–Crippen LogP) is 3.29. The Balaban J connectivity index is 1.49. The summed E-state index contributed by atoms with van der Waals surface area (Å²) in [5.74, 6) is -0.427. The van der Waals surface area contributed by atoms with Crippen molar-refractivity contribution in [1.82, 2.24) is 20.6 Å². The number of hydrogen-bond donors (Lipinski definition) is 2. The molecule has 7 nitrogen and oxygen atoms in total. The Bertz CT molecular complexity index is 1110. The van der Waals surface area contributed by atoms with Crippen LogP contribution < -0.4 is 15.6 Å². The fourth-order valence-corrected chi connectivity index (χ4v) is 3.91. The Labute approximate surface area is 185 Å². The van der Waals surface area contributed by atoms with E-state index in [1.54, 1.807) is 48.2 Å². The number of amides is 2. The molecule has 8 heteroatoms. The second-order valence-corrected chi connectivity index (χ2v) is 7.75. The lowest BCUT2D eigenvalue weighted by atomic mass is 10.1. The van der Waals surface area contributed by atoms with Crippen LogP contribution >= 0.6 is 0 Å². The van der Waals surface area contributed by atoms with Crippen LogP contribution in [0.15, 0.2) is 48.5 Å². The molecule has 0 atom stereocenters. The Morgan fingerprint density at radius 1 is 1.00 bits per heavy atom. The summed E-state index contributed by atoms with van der Waals surface area (Å²) in [7, 11) is 1.58. The highest BCUT2D eigenvalue weighted by atomic mass is 19.1. The first kappa shape index (κ1) is 21.5. The molecule has 0 saturated carbocycles. The van der Waals surface area contributed by atoms with Crippen LogP contribution in [0.1, 0.15) is 46.6 Å². The lowest BCUT2D eigenvalue weighted by molar-refractivity contribution is -0.121. The smallest absolute Gasteiger partial charge is 0.290 e. The summed E-state index contributed by atoms with van der Waals surface area (Å²) in [6.45, 7) is 0. The van der Waals surface area contributed by atoms with Crippen molar-refractivity contribution in [3.05, 3.63) is 76.9 Å². The Hall–Kier alpha value is -3.68. The van der Waals surface area contributed by atoms with E-state index in [1.807, 2.05) is 0 Å². The monoisotopic (exact) mass is 436 g/mol. The molecule has 1 aromatic heterocycles. The molecule has 2 N–H and O–H groups in total. The van der Waals surface area contributed by atoms with Gasteiger partial charge in [0.1, 0.15) is 11.6 Å². The van der Waals surface area contributed by atoms with Gasteiger partial charge in [-0.1, -0.05) is 18.6 Å². The van der Waals surface area contributed by atoms with Gasteiger partial charge in [-0.25, -0.2) is 9.07 Å². The van der Waals surface area contributed by atoms with Gasteiger partial charge in [-0.15, -0.1) is 0 Å². The van der Waals surface area contributed by atoms with Crippen LogP contribution in [0.5, 0.6) is 5.75 Å². The fourth-order valence-electron chi connectivity index (χ4n) is 3.91. The maximum Gasteiger partial charge on any atom is 0.290 e. The molecular formula is C24H25FN4O3. The molecule has 0 bridgehead atoms. The first-order valence-corrected chi connectivity index (χ1v) is 10.6. The number of nitrogens with one attached hydrogen (secondary N) is 2. The van der Waals surface area contributed by atoms with Gasteiger partial charge < -0.3 is 4.74 Å². The molecule has 0 unspecified atom stereocenters. The number of fused-ring (bicyclic) bond motifs is 1. The highest BCUT2D eigenvalue weighted by Crippen LogP contribution is 2.26. The largest absolute Gasteiger partial charge is 0.497 e. The van der Waals surface area contributed by atoms with E-state index in [1.165, 1.54) is 12.1 Å². The standard InChI is InChI=1S/C24H25FN4O3/c1-32-19-13-7-16(8-14-19)15-22(30)26-27-24(31)23-20-5-3-2-4-6-21(20)29(28-23)18-11-9-17(25)10-12-18/h7-14H,2-6,15H2,1H3,(H,26,30)(H,27,31). The summed E-state index contributed by atoms with van der Waals surface area (Å²) >= 11 is 0. The summed E-state index contributed by atoms with van der Waals surface area (Å²) < 4.78 is 20.2. The average molecular weight is 436 g/mol. The minimum atomic E-state index is -0.466. The van der Waals surface area contributed by atoms with Gasteiger partial charge in [0.25, 0.3) is 5.91 Å². The molecule has 2 aromatic carbocycles. The molecule has 32 heavy (non-hydrogen) atoms. The van der Waals surface area contributed by atoms with Gasteiger partial charge in [0.2, 0.25) is 5.91 Å². The number of rotatable bonds is 5. The van der Waals surface area contributed by atoms with Crippen molar-refractivity contribution >= 4 is 11.8 Å². The normalized spacial score (nSPS) is 13.1. The van der Waals surface area contributed by atoms with Gasteiger partial charge in [-0.3, -0.25) is 20.4 Å². The predicted molar refractivity (Wildman–Crippen MR) is 117 cm³/mol. The van der Waals surface area contributed by atoms with E-state index >= 15 is 0 Å².